The normalized spacial score (nSPS) is 50.1. The van der Waals surface area contributed by atoms with Gasteiger partial charge in [-0.25, -0.2) is 0 Å². The van der Waals surface area contributed by atoms with E-state index in [0.29, 0.717) is 16.7 Å². The van der Waals surface area contributed by atoms with Gasteiger partial charge in [-0.3, -0.25) is 0 Å². The Hall–Kier alpha value is -0.340. The smallest absolute Gasteiger partial charge is 0.0657 e. The molecule has 0 unspecified atom stereocenters. The van der Waals surface area contributed by atoms with Gasteiger partial charge >= 0.3 is 0 Å². The molecule has 0 bridgehead atoms. The second-order valence-electron chi connectivity index (χ2n) is 13.3. The number of rotatable bonds is 5. The molecule has 5 aliphatic carbocycles. The van der Waals surface area contributed by atoms with Crippen molar-refractivity contribution in [3.05, 3.63) is 11.6 Å². The largest absolute Gasteiger partial charge is 0.390 e. The Balaban J connectivity index is 1.27. The first-order chi connectivity index (χ1) is 14.1. The monoisotopic (exact) mass is 414 g/mol. The maximum absolute atomic E-state index is 10.7. The molecule has 0 heterocycles. The Bertz CT molecular complexity index is 701. The first kappa shape index (κ1) is 21.5. The van der Waals surface area contributed by atoms with Gasteiger partial charge in [0.25, 0.3) is 0 Å². The van der Waals surface area contributed by atoms with E-state index in [4.69, 9.17) is 0 Å². The van der Waals surface area contributed by atoms with E-state index in [1.807, 2.05) is 6.92 Å². The molecule has 0 aromatic carbocycles. The topological polar surface area (TPSA) is 40.5 Å². The van der Waals surface area contributed by atoms with Gasteiger partial charge in [0.05, 0.1) is 11.2 Å². The minimum absolute atomic E-state index is 0.341. The SMILES string of the molecule is C[C@]1(O)CC[C@@]2(C)C(=CC[C@H]3[C@@H]4CC[C@H](CCC[C@](C)(O)C5CC5)[C@@]4(C)CC[C@@H]32)C1. The molecular formula is C28H46O2. The quantitative estimate of drug-likeness (QED) is 0.495. The van der Waals surface area contributed by atoms with Gasteiger partial charge in [0.2, 0.25) is 0 Å². The molecule has 0 spiro atoms. The molecule has 0 amide bonds. The number of hydrogen-bond acceptors (Lipinski definition) is 2. The molecule has 5 rings (SSSR count). The van der Waals surface area contributed by atoms with E-state index in [9.17, 15) is 10.2 Å². The Morgan fingerprint density at radius 3 is 2.50 bits per heavy atom. The Morgan fingerprint density at radius 1 is 1.00 bits per heavy atom. The van der Waals surface area contributed by atoms with E-state index in [0.717, 1.165) is 42.9 Å². The van der Waals surface area contributed by atoms with Crippen LogP contribution in [0.5, 0.6) is 0 Å². The Morgan fingerprint density at radius 2 is 1.77 bits per heavy atom. The maximum Gasteiger partial charge on any atom is 0.0657 e. The van der Waals surface area contributed by atoms with Gasteiger partial charge in [-0.05, 0) is 131 Å². The molecule has 2 nitrogen and oxygen atoms in total. The number of allylic oxidation sites excluding steroid dienone is 1. The summed E-state index contributed by atoms with van der Waals surface area (Å²) in [7, 11) is 0. The van der Waals surface area contributed by atoms with Crippen LogP contribution in [0.3, 0.4) is 0 Å². The van der Waals surface area contributed by atoms with Crippen LogP contribution in [0.2, 0.25) is 0 Å². The van der Waals surface area contributed by atoms with Crippen LogP contribution in [-0.4, -0.2) is 21.4 Å². The van der Waals surface area contributed by atoms with Crippen molar-refractivity contribution in [2.24, 2.45) is 40.4 Å². The third-order valence-corrected chi connectivity index (χ3v) is 11.3. The van der Waals surface area contributed by atoms with Gasteiger partial charge in [0.1, 0.15) is 0 Å². The first-order valence-corrected chi connectivity index (χ1v) is 13.2. The van der Waals surface area contributed by atoms with Crippen LogP contribution in [0.4, 0.5) is 0 Å². The van der Waals surface area contributed by atoms with Crippen LogP contribution in [0.25, 0.3) is 0 Å². The Kier molecular flexibility index (Phi) is 5.07. The summed E-state index contributed by atoms with van der Waals surface area (Å²) < 4.78 is 0. The summed E-state index contributed by atoms with van der Waals surface area (Å²) in [6.07, 6.45) is 18.5. The van der Waals surface area contributed by atoms with Gasteiger partial charge < -0.3 is 10.2 Å². The van der Waals surface area contributed by atoms with Crippen molar-refractivity contribution >= 4 is 0 Å². The second-order valence-corrected chi connectivity index (χ2v) is 13.3. The summed E-state index contributed by atoms with van der Waals surface area (Å²) in [5.41, 5.74) is 1.56. The molecule has 0 saturated heterocycles. The van der Waals surface area contributed by atoms with Crippen LogP contribution < -0.4 is 0 Å². The van der Waals surface area contributed by atoms with Crippen LogP contribution in [-0.2, 0) is 0 Å². The van der Waals surface area contributed by atoms with Crippen molar-refractivity contribution in [2.45, 2.75) is 122 Å². The summed E-state index contributed by atoms with van der Waals surface area (Å²) in [5.74, 6) is 4.03. The minimum atomic E-state index is -0.485. The molecule has 0 aliphatic heterocycles. The van der Waals surface area contributed by atoms with Crippen molar-refractivity contribution in [3.63, 3.8) is 0 Å². The summed E-state index contributed by atoms with van der Waals surface area (Å²) in [4.78, 5) is 0. The molecule has 4 fully saturated rings. The lowest BCUT2D eigenvalue weighted by Crippen LogP contribution is -2.51. The highest BCUT2D eigenvalue weighted by Gasteiger charge is 2.58. The first-order valence-electron chi connectivity index (χ1n) is 13.2. The molecule has 0 aromatic rings. The van der Waals surface area contributed by atoms with E-state index in [1.54, 1.807) is 5.57 Å². The fraction of sp³-hybridized carbons (Fsp3) is 0.929. The van der Waals surface area contributed by atoms with Crippen molar-refractivity contribution in [1.29, 1.82) is 0 Å². The second kappa shape index (κ2) is 7.08. The van der Waals surface area contributed by atoms with Gasteiger partial charge in [0, 0.05) is 0 Å². The molecule has 2 heteroatoms. The summed E-state index contributed by atoms with van der Waals surface area (Å²) in [6, 6.07) is 0. The third-order valence-electron chi connectivity index (χ3n) is 11.3. The minimum Gasteiger partial charge on any atom is -0.390 e. The lowest BCUT2D eigenvalue weighted by atomic mass is 9.46. The fourth-order valence-corrected chi connectivity index (χ4v) is 9.00. The van der Waals surface area contributed by atoms with Crippen LogP contribution in [0, 0.1) is 40.4 Å². The standard InChI is InChI=1S/C28H46O2/c1-25(29)16-17-27(3)21(18-25)9-11-22-23-12-10-19(26(23,2)15-13-24(22)27)6-5-14-28(4,30)20-7-8-20/h9,19-20,22-24,29-30H,5-8,10-18H2,1-4H3/t19-,22-,23-,24-,25-,26+,27-,28-/m0/s1. The van der Waals surface area contributed by atoms with Gasteiger partial charge in [-0.2, -0.15) is 0 Å². The van der Waals surface area contributed by atoms with Crippen molar-refractivity contribution < 1.29 is 10.2 Å². The van der Waals surface area contributed by atoms with Crippen molar-refractivity contribution in [2.75, 3.05) is 0 Å². The highest BCUT2D eigenvalue weighted by atomic mass is 16.3. The average Bonchev–Trinajstić information content (AvgIpc) is 3.47. The van der Waals surface area contributed by atoms with E-state index in [1.165, 1.54) is 64.2 Å². The van der Waals surface area contributed by atoms with E-state index >= 15 is 0 Å². The van der Waals surface area contributed by atoms with Gasteiger partial charge in [0.15, 0.2) is 0 Å². The summed E-state index contributed by atoms with van der Waals surface area (Å²) >= 11 is 0. The Labute approximate surface area is 184 Å². The van der Waals surface area contributed by atoms with E-state index in [2.05, 4.69) is 26.8 Å². The molecule has 0 aromatic heterocycles. The molecule has 30 heavy (non-hydrogen) atoms. The van der Waals surface area contributed by atoms with E-state index < -0.39 is 11.2 Å². The third kappa shape index (κ3) is 3.43. The van der Waals surface area contributed by atoms with E-state index in [-0.39, 0.29) is 0 Å². The predicted octanol–water partition coefficient (Wildman–Crippen LogP) is 6.65. The summed E-state index contributed by atoms with van der Waals surface area (Å²) in [6.45, 7) is 9.31. The molecule has 2 N–H and O–H groups in total. The van der Waals surface area contributed by atoms with Crippen LogP contribution in [0.1, 0.15) is 111 Å². The van der Waals surface area contributed by atoms with Crippen molar-refractivity contribution in [1.82, 2.24) is 0 Å². The lowest BCUT2D eigenvalue weighted by molar-refractivity contribution is -0.0666. The van der Waals surface area contributed by atoms with Crippen LogP contribution >= 0.6 is 0 Å². The molecule has 170 valence electrons. The summed E-state index contributed by atoms with van der Waals surface area (Å²) in [5, 5.41) is 21.4. The lowest BCUT2D eigenvalue weighted by Gasteiger charge is -2.59. The van der Waals surface area contributed by atoms with Gasteiger partial charge in [-0.1, -0.05) is 31.9 Å². The average molecular weight is 415 g/mol. The molecule has 0 radical (unpaired) electrons. The maximum atomic E-state index is 10.7. The number of fused-ring (bicyclic) bond motifs is 5. The van der Waals surface area contributed by atoms with Crippen molar-refractivity contribution in [3.8, 4) is 0 Å². The molecule has 5 aliphatic rings. The molecule has 8 atom stereocenters. The highest BCUT2D eigenvalue weighted by Crippen LogP contribution is 2.67. The molecular weight excluding hydrogens is 368 g/mol. The molecule has 4 saturated carbocycles. The van der Waals surface area contributed by atoms with Gasteiger partial charge in [-0.15, -0.1) is 0 Å². The fourth-order valence-electron chi connectivity index (χ4n) is 9.00. The predicted molar refractivity (Wildman–Crippen MR) is 123 cm³/mol. The zero-order chi connectivity index (χ0) is 21.4. The van der Waals surface area contributed by atoms with Crippen LogP contribution in [0.15, 0.2) is 11.6 Å². The number of aliphatic hydroxyl groups is 2. The number of hydrogen-bond donors (Lipinski definition) is 2. The zero-order valence-electron chi connectivity index (χ0n) is 20.1. The highest BCUT2D eigenvalue weighted by molar-refractivity contribution is 5.26. The zero-order valence-corrected chi connectivity index (χ0v) is 20.1.